The number of piperidine rings is 1. The Morgan fingerprint density at radius 2 is 2.07 bits per heavy atom. The minimum absolute atomic E-state index is 0.0789. The zero-order chi connectivity index (χ0) is 19.5. The summed E-state index contributed by atoms with van der Waals surface area (Å²) in [6, 6.07) is 0. The fraction of sp³-hybridized carbons (Fsp3) is 0.737. The zero-order valence-electron chi connectivity index (χ0n) is 16.7. The van der Waals surface area contributed by atoms with Crippen LogP contribution in [-0.2, 0) is 17.6 Å². The molecule has 1 aromatic rings. The van der Waals surface area contributed by atoms with Crippen molar-refractivity contribution in [2.24, 2.45) is 16.6 Å². The summed E-state index contributed by atoms with van der Waals surface area (Å²) in [5.74, 6) is 0.790. The van der Waals surface area contributed by atoms with Gasteiger partial charge in [-0.05, 0) is 51.7 Å². The Kier molecular flexibility index (Phi) is 9.55. The molecule has 2 heterocycles. The third kappa shape index (κ3) is 7.84. The first kappa shape index (κ1) is 21.6. The van der Waals surface area contributed by atoms with Crippen LogP contribution in [0.2, 0.25) is 0 Å². The number of carbonyl (C=O) groups excluding carboxylic acids is 1. The summed E-state index contributed by atoms with van der Waals surface area (Å²) in [5.41, 5.74) is 5.38. The van der Waals surface area contributed by atoms with E-state index in [9.17, 15) is 4.79 Å². The predicted octanol–water partition coefficient (Wildman–Crippen LogP) is 1.39. The molecule has 1 aliphatic rings. The quantitative estimate of drug-likeness (QED) is 0.317. The van der Waals surface area contributed by atoms with Crippen LogP contribution in [0.15, 0.2) is 11.2 Å². The van der Waals surface area contributed by atoms with Crippen LogP contribution in [0.4, 0.5) is 0 Å². The maximum atomic E-state index is 11.2. The van der Waals surface area contributed by atoms with Gasteiger partial charge in [-0.15, -0.1) is 11.3 Å². The lowest BCUT2D eigenvalue weighted by Gasteiger charge is -2.30. The lowest BCUT2D eigenvalue weighted by atomic mass is 9.96. The van der Waals surface area contributed by atoms with E-state index in [1.807, 2.05) is 6.20 Å². The molecule has 1 fully saturated rings. The SMILES string of the molecule is CCc1cnc(CCNC(=NC)NCCCCN2CCC(C(N)=O)CC2)s1. The molecule has 4 N–H and O–H groups in total. The summed E-state index contributed by atoms with van der Waals surface area (Å²) in [5, 5.41) is 7.90. The Morgan fingerprint density at radius 3 is 2.70 bits per heavy atom. The van der Waals surface area contributed by atoms with E-state index in [2.05, 4.69) is 32.4 Å². The molecule has 0 atom stereocenters. The molecule has 8 heteroatoms. The monoisotopic (exact) mass is 394 g/mol. The van der Waals surface area contributed by atoms with E-state index >= 15 is 0 Å². The first-order valence-electron chi connectivity index (χ1n) is 10.0. The summed E-state index contributed by atoms with van der Waals surface area (Å²) in [7, 11) is 1.80. The van der Waals surface area contributed by atoms with Crippen LogP contribution in [0.5, 0.6) is 0 Å². The van der Waals surface area contributed by atoms with Crippen molar-refractivity contribution >= 4 is 23.2 Å². The molecule has 152 valence electrons. The van der Waals surface area contributed by atoms with E-state index in [0.29, 0.717) is 0 Å². The van der Waals surface area contributed by atoms with Crippen molar-refractivity contribution < 1.29 is 4.79 Å². The number of nitrogens with zero attached hydrogens (tertiary/aromatic N) is 3. The van der Waals surface area contributed by atoms with E-state index in [1.165, 1.54) is 9.88 Å². The van der Waals surface area contributed by atoms with Gasteiger partial charge < -0.3 is 21.3 Å². The second-order valence-electron chi connectivity index (χ2n) is 6.98. The molecule has 7 nitrogen and oxygen atoms in total. The fourth-order valence-electron chi connectivity index (χ4n) is 3.24. The van der Waals surface area contributed by atoms with Crippen molar-refractivity contribution in [2.75, 3.05) is 39.8 Å². The van der Waals surface area contributed by atoms with Crippen LogP contribution in [0.3, 0.4) is 0 Å². The number of hydrogen-bond acceptors (Lipinski definition) is 5. The van der Waals surface area contributed by atoms with Crippen molar-refractivity contribution in [2.45, 2.75) is 45.4 Å². The fourth-order valence-corrected chi connectivity index (χ4v) is 4.11. The number of rotatable bonds is 10. The standard InChI is InChI=1S/C19H34N6OS/c1-3-16-14-24-17(27-16)6-10-23-19(21-2)22-9-4-5-11-25-12-7-15(8-13-25)18(20)26/h14-15H,3-13H2,1-2H3,(H2,20,26)(H2,21,22,23). The van der Waals surface area contributed by atoms with Gasteiger partial charge in [-0.25, -0.2) is 4.98 Å². The van der Waals surface area contributed by atoms with Gasteiger partial charge in [-0.1, -0.05) is 6.92 Å². The zero-order valence-corrected chi connectivity index (χ0v) is 17.5. The molecule has 0 bridgehead atoms. The normalized spacial score (nSPS) is 16.4. The maximum absolute atomic E-state index is 11.2. The molecule has 0 aliphatic carbocycles. The molecule has 0 unspecified atom stereocenters. The van der Waals surface area contributed by atoms with Gasteiger partial charge in [0.05, 0.1) is 5.01 Å². The molecule has 27 heavy (non-hydrogen) atoms. The molecule has 1 aromatic heterocycles. The highest BCUT2D eigenvalue weighted by Crippen LogP contribution is 2.16. The number of aliphatic imine (C=N–C) groups is 1. The van der Waals surface area contributed by atoms with Crippen molar-refractivity contribution in [3.8, 4) is 0 Å². The predicted molar refractivity (Wildman–Crippen MR) is 112 cm³/mol. The van der Waals surface area contributed by atoms with Crippen LogP contribution in [0.1, 0.15) is 42.5 Å². The number of aromatic nitrogens is 1. The van der Waals surface area contributed by atoms with Gasteiger partial charge in [0.15, 0.2) is 5.96 Å². The number of nitrogens with two attached hydrogens (primary N) is 1. The minimum Gasteiger partial charge on any atom is -0.369 e. The molecule has 1 aliphatic heterocycles. The number of nitrogens with one attached hydrogen (secondary N) is 2. The van der Waals surface area contributed by atoms with Crippen molar-refractivity contribution in [1.29, 1.82) is 0 Å². The van der Waals surface area contributed by atoms with Gasteiger partial charge in [-0.2, -0.15) is 0 Å². The van der Waals surface area contributed by atoms with E-state index in [1.54, 1.807) is 18.4 Å². The Hall–Kier alpha value is -1.67. The Balaban J connectivity index is 1.51. The average Bonchev–Trinajstić information content (AvgIpc) is 3.14. The molecule has 0 radical (unpaired) electrons. The minimum atomic E-state index is -0.140. The summed E-state index contributed by atoms with van der Waals surface area (Å²) < 4.78 is 0. The van der Waals surface area contributed by atoms with Crippen LogP contribution in [-0.4, -0.2) is 61.5 Å². The Bertz CT molecular complexity index is 595. The molecule has 1 amide bonds. The molecular formula is C19H34N6OS. The lowest BCUT2D eigenvalue weighted by molar-refractivity contribution is -0.123. The number of unbranched alkanes of at least 4 members (excludes halogenated alkanes) is 1. The number of hydrogen-bond donors (Lipinski definition) is 3. The highest BCUT2D eigenvalue weighted by atomic mass is 32.1. The molecule has 0 spiro atoms. The average molecular weight is 395 g/mol. The third-order valence-electron chi connectivity index (χ3n) is 4.99. The topological polar surface area (TPSA) is 95.6 Å². The maximum Gasteiger partial charge on any atom is 0.220 e. The van der Waals surface area contributed by atoms with Crippen LogP contribution >= 0.6 is 11.3 Å². The summed E-state index contributed by atoms with van der Waals surface area (Å²) in [6.07, 6.45) is 8.01. The molecule has 0 aromatic carbocycles. The summed E-state index contributed by atoms with van der Waals surface area (Å²) in [6.45, 7) is 6.97. The van der Waals surface area contributed by atoms with Gasteiger partial charge in [0.25, 0.3) is 0 Å². The second kappa shape index (κ2) is 11.9. The second-order valence-corrected chi connectivity index (χ2v) is 8.17. The van der Waals surface area contributed by atoms with E-state index in [0.717, 1.165) is 77.2 Å². The highest BCUT2D eigenvalue weighted by molar-refractivity contribution is 7.11. The number of primary amides is 1. The van der Waals surface area contributed by atoms with Crippen LogP contribution in [0, 0.1) is 5.92 Å². The molecule has 1 saturated heterocycles. The molecule has 2 rings (SSSR count). The van der Waals surface area contributed by atoms with Gasteiger partial charge >= 0.3 is 0 Å². The molecule has 0 saturated carbocycles. The first-order chi connectivity index (χ1) is 13.1. The Labute approximate surface area is 166 Å². The number of carbonyl (C=O) groups is 1. The molecular weight excluding hydrogens is 360 g/mol. The summed E-state index contributed by atoms with van der Waals surface area (Å²) >= 11 is 1.79. The lowest BCUT2D eigenvalue weighted by Crippen LogP contribution is -2.40. The number of likely N-dealkylation sites (tertiary alicyclic amines) is 1. The first-order valence-corrected chi connectivity index (χ1v) is 10.8. The van der Waals surface area contributed by atoms with Crippen molar-refractivity contribution in [3.63, 3.8) is 0 Å². The van der Waals surface area contributed by atoms with E-state index in [4.69, 9.17) is 5.73 Å². The van der Waals surface area contributed by atoms with Crippen molar-refractivity contribution in [3.05, 3.63) is 16.1 Å². The smallest absolute Gasteiger partial charge is 0.220 e. The van der Waals surface area contributed by atoms with Gasteiger partial charge in [0.2, 0.25) is 5.91 Å². The van der Waals surface area contributed by atoms with Gasteiger partial charge in [-0.3, -0.25) is 9.79 Å². The van der Waals surface area contributed by atoms with Crippen LogP contribution in [0.25, 0.3) is 0 Å². The summed E-state index contributed by atoms with van der Waals surface area (Å²) in [4.78, 5) is 23.7. The number of thiazole rings is 1. The van der Waals surface area contributed by atoms with Crippen LogP contribution < -0.4 is 16.4 Å². The largest absolute Gasteiger partial charge is 0.369 e. The Morgan fingerprint density at radius 1 is 1.33 bits per heavy atom. The van der Waals surface area contributed by atoms with Gasteiger partial charge in [0.1, 0.15) is 0 Å². The number of aryl methyl sites for hydroxylation is 1. The number of amides is 1. The number of guanidine groups is 1. The van der Waals surface area contributed by atoms with E-state index < -0.39 is 0 Å². The van der Waals surface area contributed by atoms with E-state index in [-0.39, 0.29) is 11.8 Å². The van der Waals surface area contributed by atoms with Crippen molar-refractivity contribution in [1.82, 2.24) is 20.5 Å². The third-order valence-corrected chi connectivity index (χ3v) is 6.19. The van der Waals surface area contributed by atoms with Gasteiger partial charge in [0, 0.05) is 43.5 Å². The highest BCUT2D eigenvalue weighted by Gasteiger charge is 2.22.